The highest BCUT2D eigenvalue weighted by molar-refractivity contribution is 6.35. The molecular weight excluding hydrogens is 316 g/mol. The fraction of sp³-hybridized carbons (Fsp3) is 0.222. The number of aryl methyl sites for hydroxylation is 1. The van der Waals surface area contributed by atoms with Crippen LogP contribution in [0.3, 0.4) is 0 Å². The third-order valence-electron chi connectivity index (χ3n) is 4.18. The van der Waals surface area contributed by atoms with Gasteiger partial charge in [-0.05, 0) is 48.2 Å². The number of esters is 1. The van der Waals surface area contributed by atoms with Gasteiger partial charge in [0.1, 0.15) is 5.75 Å². The van der Waals surface area contributed by atoms with Crippen molar-refractivity contribution in [3.63, 3.8) is 0 Å². The van der Waals surface area contributed by atoms with Gasteiger partial charge in [-0.3, -0.25) is 9.59 Å². The molecule has 1 unspecified atom stereocenters. The Balaban J connectivity index is 2.02. The van der Waals surface area contributed by atoms with Gasteiger partial charge in [-0.2, -0.15) is 0 Å². The molecule has 1 atom stereocenters. The van der Waals surface area contributed by atoms with Crippen LogP contribution < -0.4 is 0 Å². The maximum atomic E-state index is 12.6. The van der Waals surface area contributed by atoms with Crippen LogP contribution in [0.5, 0.6) is 5.75 Å². The quantitative estimate of drug-likeness (QED) is 0.691. The number of carbonyl (C=O) groups excluding carboxylic acids is 2. The number of ether oxygens (including phenoxy) is 1. The van der Waals surface area contributed by atoms with Gasteiger partial charge < -0.3 is 9.84 Å². The number of hydrogen-bond acceptors (Lipinski definition) is 4. The first kappa shape index (κ1) is 15.6. The summed E-state index contributed by atoms with van der Waals surface area (Å²) in [5.41, 5.74) is 2.15. The summed E-state index contributed by atoms with van der Waals surface area (Å²) < 4.78 is 4.79. The van der Waals surface area contributed by atoms with Crippen LogP contribution in [-0.4, -0.2) is 24.0 Å². The zero-order valence-corrected chi connectivity index (χ0v) is 13.3. The van der Waals surface area contributed by atoms with Gasteiger partial charge in [0.25, 0.3) is 0 Å². The molecule has 0 aromatic heterocycles. The lowest BCUT2D eigenvalue weighted by molar-refractivity contribution is -0.142. The lowest BCUT2D eigenvalue weighted by atomic mass is 9.95. The number of rotatable bonds is 3. The molecule has 23 heavy (non-hydrogen) atoms. The molecule has 0 fully saturated rings. The Labute approximate surface area is 138 Å². The van der Waals surface area contributed by atoms with Crippen LogP contribution >= 0.6 is 11.6 Å². The van der Waals surface area contributed by atoms with Crippen molar-refractivity contribution in [1.29, 1.82) is 0 Å². The average Bonchev–Trinajstić information content (AvgIpc) is 2.96. The van der Waals surface area contributed by atoms with E-state index in [1.807, 2.05) is 0 Å². The Bertz CT molecular complexity index is 798. The van der Waals surface area contributed by atoms with E-state index < -0.39 is 0 Å². The van der Waals surface area contributed by atoms with Gasteiger partial charge in [0.2, 0.25) is 0 Å². The summed E-state index contributed by atoms with van der Waals surface area (Å²) in [6, 6.07) is 9.85. The highest BCUT2D eigenvalue weighted by atomic mass is 35.5. The summed E-state index contributed by atoms with van der Waals surface area (Å²) in [5, 5.41) is 10.6. The van der Waals surface area contributed by atoms with Crippen LogP contribution in [0.1, 0.15) is 39.4 Å². The second-order valence-electron chi connectivity index (χ2n) is 5.49. The molecule has 0 amide bonds. The third-order valence-corrected chi connectivity index (χ3v) is 4.51. The number of methoxy groups -OCH3 is 1. The first-order valence-corrected chi connectivity index (χ1v) is 7.63. The molecule has 0 radical (unpaired) electrons. The zero-order chi connectivity index (χ0) is 16.6. The highest BCUT2D eigenvalue weighted by Crippen LogP contribution is 2.38. The number of fused-ring (bicyclic) bond motifs is 1. The molecule has 1 N–H and O–H groups in total. The fourth-order valence-electron chi connectivity index (χ4n) is 3.00. The number of hydrogen-bond donors (Lipinski definition) is 1. The van der Waals surface area contributed by atoms with Gasteiger partial charge in [0, 0.05) is 5.56 Å². The van der Waals surface area contributed by atoms with E-state index in [0.29, 0.717) is 23.4 Å². The standard InChI is InChI=1S/C18H15ClO4/c1-23-18(22)11-7-6-10-8-14(16(20)9-13(10)11)17(21)12-4-2-3-5-15(12)19/h2-5,8-9,11,20H,6-7H2,1H3. The number of benzene rings is 2. The number of carbonyl (C=O) groups is 2. The van der Waals surface area contributed by atoms with Crippen molar-refractivity contribution in [2.24, 2.45) is 0 Å². The van der Waals surface area contributed by atoms with E-state index in [-0.39, 0.29) is 29.0 Å². The van der Waals surface area contributed by atoms with E-state index in [2.05, 4.69) is 0 Å². The predicted molar refractivity (Wildman–Crippen MR) is 86.1 cm³/mol. The largest absolute Gasteiger partial charge is 0.507 e. The SMILES string of the molecule is COC(=O)C1CCc2cc(C(=O)c3ccccc3Cl)c(O)cc21. The van der Waals surface area contributed by atoms with Crippen molar-refractivity contribution in [3.05, 3.63) is 63.7 Å². The summed E-state index contributed by atoms with van der Waals surface area (Å²) in [6.07, 6.45) is 1.28. The minimum absolute atomic E-state index is 0.149. The van der Waals surface area contributed by atoms with Gasteiger partial charge in [0.15, 0.2) is 5.78 Å². The predicted octanol–water partition coefficient (Wildman–Crippen LogP) is 3.48. The Morgan fingerprint density at radius 1 is 1.22 bits per heavy atom. The van der Waals surface area contributed by atoms with E-state index >= 15 is 0 Å². The number of halogens is 1. The molecular formula is C18H15ClO4. The second kappa shape index (κ2) is 6.05. The van der Waals surface area contributed by atoms with Crippen molar-refractivity contribution in [2.75, 3.05) is 7.11 Å². The number of phenols is 1. The van der Waals surface area contributed by atoms with E-state index in [1.54, 1.807) is 30.3 Å². The normalized spacial score (nSPS) is 16.0. The molecule has 0 bridgehead atoms. The molecule has 0 saturated heterocycles. The van der Waals surface area contributed by atoms with Crippen LogP contribution in [0.4, 0.5) is 0 Å². The summed E-state index contributed by atoms with van der Waals surface area (Å²) in [4.78, 5) is 24.4. The second-order valence-corrected chi connectivity index (χ2v) is 5.90. The van der Waals surface area contributed by atoms with Gasteiger partial charge >= 0.3 is 5.97 Å². The van der Waals surface area contributed by atoms with E-state index in [1.165, 1.54) is 13.2 Å². The Morgan fingerprint density at radius 3 is 2.65 bits per heavy atom. The Hall–Kier alpha value is -2.33. The fourth-order valence-corrected chi connectivity index (χ4v) is 3.23. The van der Waals surface area contributed by atoms with Crippen molar-refractivity contribution in [2.45, 2.75) is 18.8 Å². The molecule has 5 heteroatoms. The minimum atomic E-state index is -0.384. The minimum Gasteiger partial charge on any atom is -0.507 e. The first-order valence-electron chi connectivity index (χ1n) is 7.25. The van der Waals surface area contributed by atoms with Crippen molar-refractivity contribution < 1.29 is 19.4 Å². The maximum Gasteiger partial charge on any atom is 0.313 e. The van der Waals surface area contributed by atoms with Crippen LogP contribution in [0, 0.1) is 0 Å². The molecule has 1 aliphatic rings. The molecule has 4 nitrogen and oxygen atoms in total. The Kier molecular flexibility index (Phi) is 4.09. The van der Waals surface area contributed by atoms with Crippen LogP contribution in [0.15, 0.2) is 36.4 Å². The van der Waals surface area contributed by atoms with E-state index in [9.17, 15) is 14.7 Å². The lowest BCUT2D eigenvalue weighted by Crippen LogP contribution is -2.11. The summed E-state index contributed by atoms with van der Waals surface area (Å²) in [6.45, 7) is 0. The van der Waals surface area contributed by atoms with E-state index in [0.717, 1.165) is 11.1 Å². The molecule has 0 heterocycles. The third kappa shape index (κ3) is 2.70. The zero-order valence-electron chi connectivity index (χ0n) is 12.5. The molecule has 118 valence electrons. The molecule has 2 aromatic carbocycles. The van der Waals surface area contributed by atoms with E-state index in [4.69, 9.17) is 16.3 Å². The lowest BCUT2D eigenvalue weighted by Gasteiger charge is -2.12. The molecule has 3 rings (SSSR count). The number of ketones is 1. The average molecular weight is 331 g/mol. The first-order chi connectivity index (χ1) is 11.0. The maximum absolute atomic E-state index is 12.6. The molecule has 1 aliphatic carbocycles. The van der Waals surface area contributed by atoms with Gasteiger partial charge in [-0.25, -0.2) is 0 Å². The summed E-state index contributed by atoms with van der Waals surface area (Å²) in [7, 11) is 1.34. The van der Waals surface area contributed by atoms with Crippen LogP contribution in [0.2, 0.25) is 5.02 Å². The smallest absolute Gasteiger partial charge is 0.313 e. The van der Waals surface area contributed by atoms with Gasteiger partial charge in [-0.15, -0.1) is 0 Å². The molecule has 0 saturated carbocycles. The summed E-state index contributed by atoms with van der Waals surface area (Å²) in [5.74, 6) is -1.19. The monoisotopic (exact) mass is 330 g/mol. The topological polar surface area (TPSA) is 63.6 Å². The Morgan fingerprint density at radius 2 is 1.96 bits per heavy atom. The number of aromatic hydroxyl groups is 1. The molecule has 0 aliphatic heterocycles. The molecule has 2 aromatic rings. The van der Waals surface area contributed by atoms with Crippen LogP contribution in [-0.2, 0) is 16.0 Å². The molecule has 0 spiro atoms. The van der Waals surface area contributed by atoms with Crippen LogP contribution in [0.25, 0.3) is 0 Å². The van der Waals surface area contributed by atoms with Gasteiger partial charge in [-0.1, -0.05) is 23.7 Å². The van der Waals surface area contributed by atoms with Crippen molar-refractivity contribution >= 4 is 23.4 Å². The van der Waals surface area contributed by atoms with Crippen molar-refractivity contribution in [3.8, 4) is 5.75 Å². The highest BCUT2D eigenvalue weighted by Gasteiger charge is 2.31. The summed E-state index contributed by atoms with van der Waals surface area (Å²) >= 11 is 6.06. The van der Waals surface area contributed by atoms with Crippen molar-refractivity contribution in [1.82, 2.24) is 0 Å². The van der Waals surface area contributed by atoms with Gasteiger partial charge in [0.05, 0.1) is 23.6 Å². The number of phenolic OH excluding ortho intramolecular Hbond substituents is 1.